The Balaban J connectivity index is 2.80. The third-order valence-corrected chi connectivity index (χ3v) is 3.10. The number of hydrogen-bond donors (Lipinski definition) is 3. The molecule has 0 atom stereocenters. The molecule has 0 unspecified atom stereocenters. The van der Waals surface area contributed by atoms with Crippen molar-refractivity contribution >= 4 is 34.9 Å². The van der Waals surface area contributed by atoms with Crippen molar-refractivity contribution in [3.8, 4) is 11.5 Å². The van der Waals surface area contributed by atoms with E-state index in [0.717, 1.165) is 0 Å². The number of carbonyl (C=O) groups is 3. The number of amides is 2. The summed E-state index contributed by atoms with van der Waals surface area (Å²) in [4.78, 5) is 35.4. The van der Waals surface area contributed by atoms with E-state index in [4.69, 9.17) is 14.7 Å². The first-order valence-corrected chi connectivity index (χ1v) is 7.65. The molecule has 0 aromatic heterocycles. The van der Waals surface area contributed by atoms with Crippen LogP contribution in [0.3, 0.4) is 0 Å². The minimum Gasteiger partial charge on any atom is -0.497 e. The zero-order valence-corrected chi connectivity index (χ0v) is 15.2. The molecule has 0 radical (unpaired) electrons. The molecule has 1 rings (SSSR count). The molecule has 3 N–H and O–H groups in total. The summed E-state index contributed by atoms with van der Waals surface area (Å²) in [5.74, 6) is -2.29. The molecule has 2 amide bonds. The second kappa shape index (κ2) is 10.4. The number of rotatable bonds is 7. The maximum absolute atomic E-state index is 12.0. The quantitative estimate of drug-likeness (QED) is 0.205. The molecule has 0 saturated heterocycles. The molecule has 1 aromatic carbocycles. The Hall–Kier alpha value is -3.63. The predicted octanol–water partition coefficient (Wildman–Crippen LogP) is 0.528. The summed E-state index contributed by atoms with van der Waals surface area (Å²) < 4.78 is 14.8. The largest absolute Gasteiger partial charge is 0.497 e. The van der Waals surface area contributed by atoms with Gasteiger partial charge in [-0.2, -0.15) is 5.10 Å². The molecule has 1 aromatic rings. The number of hydrazone groups is 1. The molecule has 0 saturated carbocycles. The zero-order chi connectivity index (χ0) is 20.4. The summed E-state index contributed by atoms with van der Waals surface area (Å²) in [7, 11) is 2.87. The monoisotopic (exact) mass is 380 g/mol. The number of oxime groups is 1. The number of nitrogens with zero attached hydrogens (tertiary/aromatic N) is 2. The SMILES string of the molecule is CCOC(=O)C(=N\O)/C(C)=N/NC(=O)C(=O)Nc1ccc(OC)cc1OC. The normalized spacial score (nSPS) is 11.4. The standard InChI is InChI=1S/C16H20N4O7/c1-5-27-16(23)13(20-24)9(2)18-19-15(22)14(21)17-11-7-6-10(25-3)8-12(11)26-4/h6-8,24H,5H2,1-4H3,(H,17,21)(H,19,22)/b18-9+,20-13-. The molecule has 0 bridgehead atoms. The van der Waals surface area contributed by atoms with Crippen LogP contribution in [0.25, 0.3) is 0 Å². The van der Waals surface area contributed by atoms with Crippen LogP contribution < -0.4 is 20.2 Å². The van der Waals surface area contributed by atoms with Gasteiger partial charge in [0.05, 0.1) is 32.2 Å². The zero-order valence-electron chi connectivity index (χ0n) is 15.2. The van der Waals surface area contributed by atoms with Crippen molar-refractivity contribution in [2.24, 2.45) is 10.3 Å². The van der Waals surface area contributed by atoms with Crippen molar-refractivity contribution in [2.75, 3.05) is 26.1 Å². The van der Waals surface area contributed by atoms with E-state index in [9.17, 15) is 14.4 Å². The van der Waals surface area contributed by atoms with Crippen LogP contribution in [-0.4, -0.2) is 55.2 Å². The molecular weight excluding hydrogens is 360 g/mol. The van der Waals surface area contributed by atoms with Crippen LogP contribution >= 0.6 is 0 Å². The Morgan fingerprint density at radius 3 is 2.41 bits per heavy atom. The molecule has 0 spiro atoms. The lowest BCUT2D eigenvalue weighted by atomic mass is 10.2. The highest BCUT2D eigenvalue weighted by atomic mass is 16.5. The van der Waals surface area contributed by atoms with Crippen molar-refractivity contribution in [1.82, 2.24) is 5.43 Å². The molecular formula is C16H20N4O7. The molecule has 146 valence electrons. The highest BCUT2D eigenvalue weighted by molar-refractivity contribution is 6.65. The van der Waals surface area contributed by atoms with E-state index in [0.29, 0.717) is 5.75 Å². The molecule has 0 aliphatic heterocycles. The minimum absolute atomic E-state index is 0.0591. The van der Waals surface area contributed by atoms with Gasteiger partial charge in [0.2, 0.25) is 5.71 Å². The van der Waals surface area contributed by atoms with Crippen LogP contribution in [0, 0.1) is 0 Å². The fraction of sp³-hybridized carbons (Fsp3) is 0.312. The lowest BCUT2D eigenvalue weighted by Crippen LogP contribution is -2.34. The predicted molar refractivity (Wildman–Crippen MR) is 95.3 cm³/mol. The Kier molecular flexibility index (Phi) is 8.23. The topological polar surface area (TPSA) is 148 Å². The van der Waals surface area contributed by atoms with Crippen molar-refractivity contribution in [1.29, 1.82) is 0 Å². The second-order valence-corrected chi connectivity index (χ2v) is 4.83. The lowest BCUT2D eigenvalue weighted by molar-refractivity contribution is -0.136. The van der Waals surface area contributed by atoms with Crippen LogP contribution in [0.2, 0.25) is 0 Å². The van der Waals surface area contributed by atoms with Gasteiger partial charge in [0, 0.05) is 6.07 Å². The molecule has 27 heavy (non-hydrogen) atoms. The van der Waals surface area contributed by atoms with Crippen LogP contribution in [0.15, 0.2) is 28.5 Å². The summed E-state index contributed by atoms with van der Waals surface area (Å²) in [6.07, 6.45) is 0. The van der Waals surface area contributed by atoms with Gasteiger partial charge in [0.15, 0.2) is 0 Å². The van der Waals surface area contributed by atoms with Gasteiger partial charge in [-0.1, -0.05) is 5.16 Å². The fourth-order valence-corrected chi connectivity index (χ4v) is 1.78. The molecule has 11 heteroatoms. The Morgan fingerprint density at radius 1 is 1.15 bits per heavy atom. The van der Waals surface area contributed by atoms with Crippen LogP contribution in [0.4, 0.5) is 5.69 Å². The van der Waals surface area contributed by atoms with E-state index in [1.165, 1.54) is 33.3 Å². The summed E-state index contributed by atoms with van der Waals surface area (Å²) in [5.41, 5.74) is 1.53. The number of esters is 1. The molecule has 0 aliphatic rings. The van der Waals surface area contributed by atoms with Crippen molar-refractivity contribution in [3.63, 3.8) is 0 Å². The number of methoxy groups -OCH3 is 2. The third kappa shape index (κ3) is 5.99. The second-order valence-electron chi connectivity index (χ2n) is 4.83. The van der Waals surface area contributed by atoms with E-state index in [-0.39, 0.29) is 23.8 Å². The third-order valence-electron chi connectivity index (χ3n) is 3.10. The first-order chi connectivity index (χ1) is 12.9. The average Bonchev–Trinajstić information content (AvgIpc) is 2.66. The van der Waals surface area contributed by atoms with Gasteiger partial charge in [-0.15, -0.1) is 0 Å². The maximum atomic E-state index is 12.0. The molecule has 0 aliphatic carbocycles. The summed E-state index contributed by atoms with van der Waals surface area (Å²) in [5, 5.41) is 17.5. The number of carbonyl (C=O) groups excluding carboxylic acids is 3. The Morgan fingerprint density at radius 2 is 1.85 bits per heavy atom. The summed E-state index contributed by atoms with van der Waals surface area (Å²) in [6, 6.07) is 4.59. The highest BCUT2D eigenvalue weighted by Crippen LogP contribution is 2.28. The molecule has 0 heterocycles. The molecule has 11 nitrogen and oxygen atoms in total. The van der Waals surface area contributed by atoms with E-state index in [1.807, 2.05) is 5.43 Å². The van der Waals surface area contributed by atoms with Crippen LogP contribution in [-0.2, 0) is 19.1 Å². The van der Waals surface area contributed by atoms with Gasteiger partial charge < -0.3 is 24.7 Å². The van der Waals surface area contributed by atoms with Gasteiger partial charge in [-0.05, 0) is 26.0 Å². The van der Waals surface area contributed by atoms with E-state index < -0.39 is 23.5 Å². The van der Waals surface area contributed by atoms with Gasteiger partial charge in [0.1, 0.15) is 11.5 Å². The first kappa shape index (κ1) is 21.4. The van der Waals surface area contributed by atoms with Gasteiger partial charge in [-0.3, -0.25) is 9.59 Å². The van der Waals surface area contributed by atoms with E-state index in [2.05, 4.69) is 20.3 Å². The summed E-state index contributed by atoms with van der Waals surface area (Å²) in [6.45, 7) is 2.92. The van der Waals surface area contributed by atoms with Crippen molar-refractivity contribution < 1.29 is 33.8 Å². The minimum atomic E-state index is -1.12. The number of ether oxygens (including phenoxy) is 3. The Bertz CT molecular complexity index is 774. The number of benzene rings is 1. The van der Waals surface area contributed by atoms with Crippen LogP contribution in [0.5, 0.6) is 11.5 Å². The maximum Gasteiger partial charge on any atom is 0.362 e. The van der Waals surface area contributed by atoms with Crippen LogP contribution in [0.1, 0.15) is 13.8 Å². The van der Waals surface area contributed by atoms with Gasteiger partial charge in [-0.25, -0.2) is 10.2 Å². The summed E-state index contributed by atoms with van der Waals surface area (Å²) >= 11 is 0. The Labute approximate surface area is 155 Å². The molecule has 0 fully saturated rings. The number of nitrogens with one attached hydrogen (secondary N) is 2. The average molecular weight is 380 g/mol. The lowest BCUT2D eigenvalue weighted by Gasteiger charge is -2.11. The smallest absolute Gasteiger partial charge is 0.362 e. The van der Waals surface area contributed by atoms with Gasteiger partial charge >= 0.3 is 17.8 Å². The number of anilines is 1. The van der Waals surface area contributed by atoms with Crippen molar-refractivity contribution in [2.45, 2.75) is 13.8 Å². The highest BCUT2D eigenvalue weighted by Gasteiger charge is 2.19. The fourth-order valence-electron chi connectivity index (χ4n) is 1.78. The van der Waals surface area contributed by atoms with Crippen molar-refractivity contribution in [3.05, 3.63) is 18.2 Å². The van der Waals surface area contributed by atoms with Gasteiger partial charge in [0.25, 0.3) is 0 Å². The number of hydrogen-bond acceptors (Lipinski definition) is 9. The van der Waals surface area contributed by atoms with E-state index >= 15 is 0 Å². The first-order valence-electron chi connectivity index (χ1n) is 7.65. The van der Waals surface area contributed by atoms with E-state index in [1.54, 1.807) is 13.0 Å².